The summed E-state index contributed by atoms with van der Waals surface area (Å²) < 4.78 is 34.7. The highest BCUT2D eigenvalue weighted by molar-refractivity contribution is 6.05. The molecule has 0 aliphatic heterocycles. The fourth-order valence-electron chi connectivity index (χ4n) is 1.83. The van der Waals surface area contributed by atoms with Crippen LogP contribution in [0.15, 0.2) is 42.6 Å². The minimum Gasteiger partial charge on any atom is -0.492 e. The van der Waals surface area contributed by atoms with Gasteiger partial charge < -0.3 is 20.5 Å². The van der Waals surface area contributed by atoms with Gasteiger partial charge in [0.25, 0.3) is 12.3 Å². The Morgan fingerprint density at radius 2 is 1.96 bits per heavy atom. The number of amides is 1. The van der Waals surface area contributed by atoms with Crippen LogP contribution in [0.25, 0.3) is 0 Å². The minimum absolute atomic E-state index is 0.0709. The summed E-state index contributed by atoms with van der Waals surface area (Å²) in [4.78, 5) is 16.1. The number of nitrogens with two attached hydrogens (primary N) is 1. The number of pyridine rings is 1. The largest absolute Gasteiger partial charge is 0.492 e. The number of ether oxygens (including phenoxy) is 2. The Balaban J connectivity index is 2.04. The average Bonchev–Trinajstić information content (AvgIpc) is 2.59. The fraction of sp³-hybridized carbons (Fsp3) is 0.250. The predicted octanol–water partition coefficient (Wildman–Crippen LogP) is 2.32. The van der Waals surface area contributed by atoms with Crippen LogP contribution in [0, 0.1) is 0 Å². The quantitative estimate of drug-likeness (QED) is 0.772. The molecule has 24 heavy (non-hydrogen) atoms. The Labute approximate surface area is 137 Å². The molecule has 6 nitrogen and oxygen atoms in total. The second-order valence-electron chi connectivity index (χ2n) is 4.67. The van der Waals surface area contributed by atoms with Crippen molar-refractivity contribution >= 4 is 11.6 Å². The highest BCUT2D eigenvalue weighted by Gasteiger charge is 2.15. The first-order chi connectivity index (χ1) is 11.6. The molecule has 0 radical (unpaired) electrons. The summed E-state index contributed by atoms with van der Waals surface area (Å²) in [5.41, 5.74) is 5.94. The van der Waals surface area contributed by atoms with Gasteiger partial charge in [0.05, 0.1) is 0 Å². The zero-order chi connectivity index (χ0) is 17.4. The van der Waals surface area contributed by atoms with Gasteiger partial charge in [0.2, 0.25) is 5.88 Å². The van der Waals surface area contributed by atoms with E-state index in [1.54, 1.807) is 24.3 Å². The molecular formula is C16H17F2N3O3. The van der Waals surface area contributed by atoms with Crippen molar-refractivity contribution in [3.8, 4) is 11.6 Å². The van der Waals surface area contributed by atoms with Crippen LogP contribution in [0.1, 0.15) is 10.4 Å². The third kappa shape index (κ3) is 5.17. The molecule has 0 atom stereocenters. The molecule has 1 amide bonds. The number of rotatable bonds is 8. The monoisotopic (exact) mass is 337 g/mol. The smallest absolute Gasteiger partial charge is 0.272 e. The van der Waals surface area contributed by atoms with E-state index in [0.717, 1.165) is 0 Å². The molecule has 0 saturated heterocycles. The molecule has 3 N–H and O–H groups in total. The minimum atomic E-state index is -2.65. The van der Waals surface area contributed by atoms with Gasteiger partial charge in [-0.2, -0.15) is 0 Å². The summed E-state index contributed by atoms with van der Waals surface area (Å²) >= 11 is 0. The topological polar surface area (TPSA) is 86.5 Å². The lowest BCUT2D eigenvalue weighted by molar-refractivity contribution is 0.0780. The van der Waals surface area contributed by atoms with Crippen molar-refractivity contribution in [2.24, 2.45) is 5.73 Å². The number of halogens is 2. The number of hydrogen-bond donors (Lipinski definition) is 2. The van der Waals surface area contributed by atoms with Gasteiger partial charge in [0, 0.05) is 18.4 Å². The van der Waals surface area contributed by atoms with Gasteiger partial charge in [-0.05, 0) is 36.4 Å². The second-order valence-corrected chi connectivity index (χ2v) is 4.67. The first kappa shape index (κ1) is 17.6. The highest BCUT2D eigenvalue weighted by Crippen LogP contribution is 2.19. The Bertz CT molecular complexity index is 666. The molecular weight excluding hydrogens is 320 g/mol. The summed E-state index contributed by atoms with van der Waals surface area (Å²) in [6, 6.07) is 9.64. The summed E-state index contributed by atoms with van der Waals surface area (Å²) in [5.74, 6) is -0.0259. The summed E-state index contributed by atoms with van der Waals surface area (Å²) in [6.45, 7) is -0.0302. The molecule has 0 fully saturated rings. The number of benzene rings is 1. The van der Waals surface area contributed by atoms with E-state index in [1.807, 2.05) is 0 Å². The first-order valence-corrected chi connectivity index (χ1v) is 7.20. The van der Waals surface area contributed by atoms with Gasteiger partial charge in [-0.15, -0.1) is 0 Å². The van der Waals surface area contributed by atoms with Gasteiger partial charge >= 0.3 is 0 Å². The van der Waals surface area contributed by atoms with Crippen molar-refractivity contribution in [2.75, 3.05) is 25.1 Å². The molecule has 0 spiro atoms. The van der Waals surface area contributed by atoms with Crippen LogP contribution in [0.4, 0.5) is 14.5 Å². The van der Waals surface area contributed by atoms with E-state index in [0.29, 0.717) is 24.6 Å². The lowest BCUT2D eigenvalue weighted by Crippen LogP contribution is -2.16. The average molecular weight is 337 g/mol. The van der Waals surface area contributed by atoms with Crippen LogP contribution < -0.4 is 20.5 Å². The summed E-state index contributed by atoms with van der Waals surface area (Å²) in [7, 11) is 0. The van der Waals surface area contributed by atoms with E-state index >= 15 is 0 Å². The molecule has 1 aromatic heterocycles. The van der Waals surface area contributed by atoms with Crippen LogP contribution in [-0.2, 0) is 0 Å². The SMILES string of the molecule is NCCOc1ccc(NC(=O)c2cccnc2OCC(F)F)cc1. The summed E-state index contributed by atoms with van der Waals surface area (Å²) in [6.07, 6.45) is -1.29. The van der Waals surface area contributed by atoms with Crippen molar-refractivity contribution in [2.45, 2.75) is 6.43 Å². The maximum absolute atomic E-state index is 12.3. The van der Waals surface area contributed by atoms with E-state index < -0.39 is 18.9 Å². The van der Waals surface area contributed by atoms with Crippen LogP contribution in [0.2, 0.25) is 0 Å². The molecule has 128 valence electrons. The van der Waals surface area contributed by atoms with Gasteiger partial charge in [-0.25, -0.2) is 13.8 Å². The van der Waals surface area contributed by atoms with Gasteiger partial charge in [0.1, 0.15) is 17.9 Å². The molecule has 0 bridgehead atoms. The van der Waals surface area contributed by atoms with Crippen molar-refractivity contribution < 1.29 is 23.0 Å². The Morgan fingerprint density at radius 3 is 2.62 bits per heavy atom. The van der Waals surface area contributed by atoms with E-state index in [2.05, 4.69) is 10.3 Å². The van der Waals surface area contributed by atoms with E-state index in [4.69, 9.17) is 15.2 Å². The molecule has 0 unspecified atom stereocenters. The lowest BCUT2D eigenvalue weighted by atomic mass is 10.2. The Kier molecular flexibility index (Phi) is 6.44. The van der Waals surface area contributed by atoms with Gasteiger partial charge in [-0.3, -0.25) is 4.79 Å². The number of nitrogens with zero attached hydrogens (tertiary/aromatic N) is 1. The third-order valence-corrected chi connectivity index (χ3v) is 2.86. The standard InChI is InChI=1S/C16H17F2N3O3/c17-14(18)10-24-16-13(2-1-8-20-16)15(22)21-11-3-5-12(6-4-11)23-9-7-19/h1-6,8,14H,7,9-10,19H2,(H,21,22). The van der Waals surface area contributed by atoms with E-state index in [-0.39, 0.29) is 11.4 Å². The zero-order valence-corrected chi connectivity index (χ0v) is 12.7. The van der Waals surface area contributed by atoms with Crippen LogP contribution in [0.5, 0.6) is 11.6 Å². The van der Waals surface area contributed by atoms with Crippen molar-refractivity contribution in [1.82, 2.24) is 4.98 Å². The summed E-state index contributed by atoms with van der Waals surface area (Å²) in [5, 5.41) is 2.64. The third-order valence-electron chi connectivity index (χ3n) is 2.86. The van der Waals surface area contributed by atoms with E-state index in [9.17, 15) is 13.6 Å². The number of carbonyl (C=O) groups is 1. The van der Waals surface area contributed by atoms with Crippen LogP contribution in [0.3, 0.4) is 0 Å². The number of hydrogen-bond acceptors (Lipinski definition) is 5. The van der Waals surface area contributed by atoms with Gasteiger partial charge in [0.15, 0.2) is 6.61 Å². The molecule has 8 heteroatoms. The van der Waals surface area contributed by atoms with E-state index in [1.165, 1.54) is 18.3 Å². The first-order valence-electron chi connectivity index (χ1n) is 7.20. The van der Waals surface area contributed by atoms with Crippen molar-refractivity contribution in [3.05, 3.63) is 48.2 Å². The molecule has 2 rings (SSSR count). The number of nitrogens with one attached hydrogen (secondary N) is 1. The van der Waals surface area contributed by atoms with Gasteiger partial charge in [-0.1, -0.05) is 0 Å². The lowest BCUT2D eigenvalue weighted by Gasteiger charge is -2.11. The molecule has 0 aliphatic carbocycles. The maximum Gasteiger partial charge on any atom is 0.272 e. The predicted molar refractivity (Wildman–Crippen MR) is 84.7 cm³/mol. The van der Waals surface area contributed by atoms with Crippen LogP contribution in [-0.4, -0.2) is 37.1 Å². The molecule has 0 aliphatic rings. The second kappa shape index (κ2) is 8.78. The fourth-order valence-corrected chi connectivity index (χ4v) is 1.83. The number of carbonyl (C=O) groups excluding carboxylic acids is 1. The molecule has 0 saturated carbocycles. The molecule has 1 heterocycles. The number of anilines is 1. The Hall–Kier alpha value is -2.74. The number of alkyl halides is 2. The molecule has 2 aromatic rings. The van der Waals surface area contributed by atoms with Crippen molar-refractivity contribution in [1.29, 1.82) is 0 Å². The number of aromatic nitrogens is 1. The van der Waals surface area contributed by atoms with Crippen molar-refractivity contribution in [3.63, 3.8) is 0 Å². The maximum atomic E-state index is 12.3. The highest BCUT2D eigenvalue weighted by atomic mass is 19.3. The molecule has 1 aromatic carbocycles. The van der Waals surface area contributed by atoms with Crippen LogP contribution >= 0.6 is 0 Å². The zero-order valence-electron chi connectivity index (χ0n) is 12.7. The normalized spacial score (nSPS) is 10.5. The Morgan fingerprint density at radius 1 is 1.21 bits per heavy atom.